The number of alkyl halides is 1. The van der Waals surface area contributed by atoms with Gasteiger partial charge in [-0.25, -0.2) is 0 Å². The Labute approximate surface area is 104 Å². The highest BCUT2D eigenvalue weighted by Crippen LogP contribution is 2.37. The van der Waals surface area contributed by atoms with Crippen molar-refractivity contribution >= 4 is 15.9 Å². The van der Waals surface area contributed by atoms with Crippen LogP contribution in [-0.4, -0.2) is 4.98 Å². The van der Waals surface area contributed by atoms with E-state index in [1.807, 2.05) is 43.5 Å². The maximum absolute atomic E-state index is 5.61. The smallest absolute Gasteiger partial charge is 0.118 e. The summed E-state index contributed by atoms with van der Waals surface area (Å²) < 4.78 is 5.61. The molecule has 3 heteroatoms. The Kier molecular flexibility index (Phi) is 3.44. The number of rotatable bonds is 3. The fourth-order valence-corrected chi connectivity index (χ4v) is 2.16. The molecule has 2 aromatic heterocycles. The first-order chi connectivity index (χ1) is 7.68. The summed E-state index contributed by atoms with van der Waals surface area (Å²) in [6, 6.07) is 9.96. The molecule has 16 heavy (non-hydrogen) atoms. The van der Waals surface area contributed by atoms with Crippen molar-refractivity contribution in [1.29, 1.82) is 0 Å². The second-order valence-electron chi connectivity index (χ2n) is 3.89. The van der Waals surface area contributed by atoms with Crippen LogP contribution >= 0.6 is 15.9 Å². The highest BCUT2D eigenvalue weighted by atomic mass is 79.9. The largest absolute Gasteiger partial charge is 0.465 e. The van der Waals surface area contributed by atoms with E-state index >= 15 is 0 Å². The Hall–Kier alpha value is -1.09. The third-order valence-electron chi connectivity index (χ3n) is 2.63. The fraction of sp³-hybridized carbons (Fsp3) is 0.308. The SMILES string of the molecule is Cc1ccc(C(Br)C(C)c2ccccn2)o1. The summed E-state index contributed by atoms with van der Waals surface area (Å²) in [6.07, 6.45) is 1.82. The lowest BCUT2D eigenvalue weighted by Crippen LogP contribution is -2.03. The minimum Gasteiger partial charge on any atom is -0.465 e. The predicted molar refractivity (Wildman–Crippen MR) is 67.8 cm³/mol. The van der Waals surface area contributed by atoms with Gasteiger partial charge < -0.3 is 4.42 Å². The summed E-state index contributed by atoms with van der Waals surface area (Å²) in [4.78, 5) is 4.52. The summed E-state index contributed by atoms with van der Waals surface area (Å²) >= 11 is 3.67. The van der Waals surface area contributed by atoms with Crippen molar-refractivity contribution in [3.8, 4) is 0 Å². The molecule has 2 rings (SSSR count). The van der Waals surface area contributed by atoms with Gasteiger partial charge in [0.1, 0.15) is 11.5 Å². The van der Waals surface area contributed by atoms with E-state index in [1.165, 1.54) is 0 Å². The van der Waals surface area contributed by atoms with Crippen LogP contribution in [0.4, 0.5) is 0 Å². The number of furan rings is 1. The van der Waals surface area contributed by atoms with E-state index in [0.29, 0.717) is 0 Å². The second-order valence-corrected chi connectivity index (χ2v) is 4.88. The van der Waals surface area contributed by atoms with E-state index in [1.54, 1.807) is 0 Å². The molecule has 0 aliphatic carbocycles. The van der Waals surface area contributed by atoms with Crippen LogP contribution in [0.5, 0.6) is 0 Å². The molecular weight excluding hydrogens is 266 g/mol. The number of aryl methyl sites for hydroxylation is 1. The van der Waals surface area contributed by atoms with Gasteiger partial charge >= 0.3 is 0 Å². The summed E-state index contributed by atoms with van der Waals surface area (Å²) in [5.41, 5.74) is 1.07. The highest BCUT2D eigenvalue weighted by Gasteiger charge is 2.21. The lowest BCUT2D eigenvalue weighted by atomic mass is 10.0. The summed E-state index contributed by atoms with van der Waals surface area (Å²) in [7, 11) is 0. The molecule has 2 nitrogen and oxygen atoms in total. The van der Waals surface area contributed by atoms with Crippen LogP contribution in [0.3, 0.4) is 0 Å². The Morgan fingerprint density at radius 3 is 2.62 bits per heavy atom. The van der Waals surface area contributed by atoms with E-state index in [9.17, 15) is 0 Å². The van der Waals surface area contributed by atoms with E-state index in [4.69, 9.17) is 4.42 Å². The van der Waals surface area contributed by atoms with Gasteiger partial charge in [-0.05, 0) is 31.2 Å². The van der Waals surface area contributed by atoms with Gasteiger partial charge in [-0.15, -0.1) is 0 Å². The van der Waals surface area contributed by atoms with Crippen LogP contribution in [0.2, 0.25) is 0 Å². The molecule has 0 saturated carbocycles. The summed E-state index contributed by atoms with van der Waals surface area (Å²) in [6.45, 7) is 4.09. The van der Waals surface area contributed by atoms with Crippen molar-refractivity contribution < 1.29 is 4.42 Å². The predicted octanol–water partition coefficient (Wildman–Crippen LogP) is 4.22. The van der Waals surface area contributed by atoms with Crippen LogP contribution in [0.25, 0.3) is 0 Å². The number of aromatic nitrogens is 1. The minimum atomic E-state index is 0.163. The van der Waals surface area contributed by atoms with Gasteiger partial charge in [-0.1, -0.05) is 28.9 Å². The lowest BCUT2D eigenvalue weighted by Gasteiger charge is -2.15. The van der Waals surface area contributed by atoms with Crippen molar-refractivity contribution in [1.82, 2.24) is 4.98 Å². The third-order valence-corrected chi connectivity index (χ3v) is 3.87. The maximum Gasteiger partial charge on any atom is 0.118 e. The molecule has 0 aliphatic rings. The monoisotopic (exact) mass is 279 g/mol. The Bertz CT molecular complexity index is 452. The molecule has 2 aromatic rings. The first kappa shape index (κ1) is 11.4. The zero-order chi connectivity index (χ0) is 11.5. The van der Waals surface area contributed by atoms with Crippen LogP contribution in [-0.2, 0) is 0 Å². The molecule has 0 aromatic carbocycles. The number of hydrogen-bond donors (Lipinski definition) is 0. The number of halogens is 1. The molecule has 84 valence electrons. The Morgan fingerprint density at radius 1 is 1.25 bits per heavy atom. The van der Waals surface area contributed by atoms with Crippen LogP contribution in [0.1, 0.15) is 34.9 Å². The first-order valence-electron chi connectivity index (χ1n) is 5.30. The topological polar surface area (TPSA) is 26.0 Å². The fourth-order valence-electron chi connectivity index (χ4n) is 1.64. The number of pyridine rings is 1. The molecular formula is C13H14BrNO. The van der Waals surface area contributed by atoms with Gasteiger partial charge in [0.2, 0.25) is 0 Å². The first-order valence-corrected chi connectivity index (χ1v) is 6.21. The van der Waals surface area contributed by atoms with Gasteiger partial charge in [0.05, 0.1) is 4.83 Å². The molecule has 0 saturated heterocycles. The van der Waals surface area contributed by atoms with Crippen LogP contribution in [0.15, 0.2) is 40.9 Å². The van der Waals surface area contributed by atoms with Gasteiger partial charge in [0, 0.05) is 17.8 Å². The van der Waals surface area contributed by atoms with E-state index in [-0.39, 0.29) is 10.7 Å². The molecule has 0 amide bonds. The normalized spacial score (nSPS) is 14.7. The van der Waals surface area contributed by atoms with Crippen molar-refractivity contribution in [3.63, 3.8) is 0 Å². The molecule has 0 N–H and O–H groups in total. The molecule has 0 radical (unpaired) electrons. The van der Waals surface area contributed by atoms with Crippen molar-refractivity contribution in [2.45, 2.75) is 24.6 Å². The molecule has 0 bridgehead atoms. The van der Waals surface area contributed by atoms with Gasteiger partial charge in [0.15, 0.2) is 0 Å². The van der Waals surface area contributed by atoms with Crippen LogP contribution < -0.4 is 0 Å². The Balaban J connectivity index is 2.19. The van der Waals surface area contributed by atoms with E-state index in [0.717, 1.165) is 17.2 Å². The zero-order valence-corrected chi connectivity index (χ0v) is 10.9. The van der Waals surface area contributed by atoms with Crippen molar-refractivity contribution in [2.75, 3.05) is 0 Å². The standard InChI is InChI=1S/C13H14BrNO/c1-9-6-7-12(16-9)13(14)10(2)11-5-3-4-8-15-11/h3-8,10,13H,1-2H3. The summed E-state index contributed by atoms with van der Waals surface area (Å²) in [5, 5.41) is 0. The molecule has 2 atom stereocenters. The number of nitrogens with zero attached hydrogens (tertiary/aromatic N) is 1. The van der Waals surface area contributed by atoms with E-state index in [2.05, 4.69) is 27.8 Å². The highest BCUT2D eigenvalue weighted by molar-refractivity contribution is 9.09. The van der Waals surface area contributed by atoms with Gasteiger partial charge in [-0.2, -0.15) is 0 Å². The third kappa shape index (κ3) is 2.35. The van der Waals surface area contributed by atoms with Crippen LogP contribution in [0, 0.1) is 6.92 Å². The summed E-state index contributed by atoms with van der Waals surface area (Å²) in [5.74, 6) is 2.18. The second kappa shape index (κ2) is 4.83. The molecule has 0 aliphatic heterocycles. The number of hydrogen-bond acceptors (Lipinski definition) is 2. The Morgan fingerprint density at radius 2 is 2.06 bits per heavy atom. The molecule has 2 heterocycles. The average molecular weight is 280 g/mol. The molecule has 2 unspecified atom stereocenters. The molecule has 0 spiro atoms. The molecule has 0 fully saturated rings. The quantitative estimate of drug-likeness (QED) is 0.787. The lowest BCUT2D eigenvalue weighted by molar-refractivity contribution is 0.466. The average Bonchev–Trinajstić information content (AvgIpc) is 2.75. The maximum atomic E-state index is 5.61. The van der Waals surface area contributed by atoms with Crippen molar-refractivity contribution in [2.24, 2.45) is 0 Å². The van der Waals surface area contributed by atoms with E-state index < -0.39 is 0 Å². The van der Waals surface area contributed by atoms with Gasteiger partial charge in [0.25, 0.3) is 0 Å². The zero-order valence-electron chi connectivity index (χ0n) is 9.35. The minimum absolute atomic E-state index is 0.163. The van der Waals surface area contributed by atoms with Gasteiger partial charge in [-0.3, -0.25) is 4.98 Å². The van der Waals surface area contributed by atoms with Crippen molar-refractivity contribution in [3.05, 3.63) is 53.7 Å².